The normalized spacial score (nSPS) is 13.0. The molecule has 0 saturated carbocycles. The molecule has 0 heterocycles. The lowest BCUT2D eigenvalue weighted by Crippen LogP contribution is -1.89. The molecule has 0 amide bonds. The summed E-state index contributed by atoms with van der Waals surface area (Å²) >= 11 is 0. The Hall–Kier alpha value is -1.30. The van der Waals surface area contributed by atoms with E-state index in [9.17, 15) is 0 Å². The van der Waals surface area contributed by atoms with Crippen LogP contribution < -0.4 is 0 Å². The van der Waals surface area contributed by atoms with Gasteiger partial charge in [0, 0.05) is 0 Å². The Bertz CT molecular complexity index is 394. The van der Waals surface area contributed by atoms with Crippen molar-refractivity contribution in [1.82, 2.24) is 0 Å². The van der Waals surface area contributed by atoms with Crippen LogP contribution in [0.4, 0.5) is 0 Å². The van der Waals surface area contributed by atoms with Gasteiger partial charge < -0.3 is 0 Å². The van der Waals surface area contributed by atoms with Gasteiger partial charge >= 0.3 is 0 Å². The number of rotatable bonds is 4. The smallest absolute Gasteiger partial charge is 0.0155 e. The van der Waals surface area contributed by atoms with Gasteiger partial charge in [-0.05, 0) is 43.4 Å². The van der Waals surface area contributed by atoms with Crippen molar-refractivity contribution in [2.75, 3.05) is 0 Å². The van der Waals surface area contributed by atoms with E-state index in [0.717, 1.165) is 12.8 Å². The van der Waals surface area contributed by atoms with E-state index in [1.165, 1.54) is 22.3 Å². The molecule has 1 aromatic carbocycles. The molecule has 0 radical (unpaired) electrons. The summed E-state index contributed by atoms with van der Waals surface area (Å²) in [6, 6.07) is 8.61. The summed E-state index contributed by atoms with van der Waals surface area (Å²) in [5.41, 5.74) is 5.57. The zero-order chi connectivity index (χ0) is 12.0. The van der Waals surface area contributed by atoms with Gasteiger partial charge in [0.2, 0.25) is 0 Å². The molecule has 0 aromatic heterocycles. The zero-order valence-electron chi connectivity index (χ0n) is 10.9. The van der Waals surface area contributed by atoms with Gasteiger partial charge in [0.25, 0.3) is 0 Å². The highest BCUT2D eigenvalue weighted by Crippen LogP contribution is 2.25. The van der Waals surface area contributed by atoms with Crippen LogP contribution in [0.1, 0.15) is 44.7 Å². The second-order valence-electron chi connectivity index (χ2n) is 4.17. The van der Waals surface area contributed by atoms with E-state index in [2.05, 4.69) is 64.1 Å². The molecular formula is C16H22. The molecule has 1 aromatic rings. The molecule has 0 spiro atoms. The van der Waals surface area contributed by atoms with Crippen molar-refractivity contribution in [1.29, 1.82) is 0 Å². The lowest BCUT2D eigenvalue weighted by atomic mass is 9.95. The number of hydrogen-bond acceptors (Lipinski definition) is 0. The van der Waals surface area contributed by atoms with Crippen molar-refractivity contribution < 1.29 is 0 Å². The van der Waals surface area contributed by atoms with Crippen LogP contribution in [0, 0.1) is 6.92 Å². The molecule has 16 heavy (non-hydrogen) atoms. The minimum absolute atomic E-state index is 1.09. The van der Waals surface area contributed by atoms with Crippen LogP contribution in [0.5, 0.6) is 0 Å². The largest absolute Gasteiger partial charge is 0.0842 e. The van der Waals surface area contributed by atoms with Gasteiger partial charge in [-0.15, -0.1) is 0 Å². The van der Waals surface area contributed by atoms with Crippen LogP contribution in [-0.4, -0.2) is 0 Å². The summed E-state index contributed by atoms with van der Waals surface area (Å²) in [5, 5.41) is 0. The maximum absolute atomic E-state index is 2.27. The van der Waals surface area contributed by atoms with Crippen molar-refractivity contribution in [3.63, 3.8) is 0 Å². The average Bonchev–Trinajstić information content (AvgIpc) is 2.31. The van der Waals surface area contributed by atoms with E-state index in [0.29, 0.717) is 0 Å². The predicted octanol–water partition coefficient (Wildman–Crippen LogP) is 5.14. The first-order chi connectivity index (χ1) is 7.70. The third kappa shape index (κ3) is 3.10. The molecule has 0 atom stereocenters. The van der Waals surface area contributed by atoms with Crippen LogP contribution in [0.25, 0.3) is 5.57 Å². The minimum Gasteiger partial charge on any atom is -0.0842 e. The lowest BCUT2D eigenvalue weighted by Gasteiger charge is -2.10. The maximum Gasteiger partial charge on any atom is -0.0155 e. The van der Waals surface area contributed by atoms with Crippen LogP contribution in [0.2, 0.25) is 0 Å². The van der Waals surface area contributed by atoms with Crippen molar-refractivity contribution in [3.05, 3.63) is 53.1 Å². The molecule has 0 bridgehead atoms. The average molecular weight is 214 g/mol. The Labute approximate surface area is 99.7 Å². The Morgan fingerprint density at radius 2 is 1.88 bits per heavy atom. The van der Waals surface area contributed by atoms with E-state index in [-0.39, 0.29) is 0 Å². The second kappa shape index (κ2) is 6.32. The fourth-order valence-corrected chi connectivity index (χ4v) is 1.76. The van der Waals surface area contributed by atoms with E-state index >= 15 is 0 Å². The van der Waals surface area contributed by atoms with Gasteiger partial charge in [-0.25, -0.2) is 0 Å². The summed E-state index contributed by atoms with van der Waals surface area (Å²) < 4.78 is 0. The standard InChI is InChI=1S/C16H22/c1-5-7-11-15(13(3)6-2)16-12-9-8-10-14(16)4/h7-12H,5-6H2,1-4H3/b11-7-,15-13+. The van der Waals surface area contributed by atoms with Crippen LogP contribution in [0.15, 0.2) is 42.0 Å². The van der Waals surface area contributed by atoms with Gasteiger partial charge in [-0.1, -0.05) is 55.8 Å². The van der Waals surface area contributed by atoms with Crippen molar-refractivity contribution in [2.45, 2.75) is 40.5 Å². The molecule has 0 saturated heterocycles. The Morgan fingerprint density at radius 3 is 2.44 bits per heavy atom. The number of hydrogen-bond donors (Lipinski definition) is 0. The Balaban J connectivity index is 3.23. The molecule has 0 unspecified atom stereocenters. The number of benzene rings is 1. The Morgan fingerprint density at radius 1 is 1.19 bits per heavy atom. The molecule has 1 rings (SSSR count). The van der Waals surface area contributed by atoms with Gasteiger partial charge in [0.1, 0.15) is 0 Å². The van der Waals surface area contributed by atoms with Gasteiger partial charge in [0.05, 0.1) is 0 Å². The summed E-state index contributed by atoms with van der Waals surface area (Å²) in [4.78, 5) is 0. The van der Waals surface area contributed by atoms with Crippen LogP contribution in [0.3, 0.4) is 0 Å². The van der Waals surface area contributed by atoms with Crippen molar-refractivity contribution in [2.24, 2.45) is 0 Å². The highest BCUT2D eigenvalue weighted by atomic mass is 14.1. The molecule has 0 aliphatic carbocycles. The molecule has 0 fully saturated rings. The van der Waals surface area contributed by atoms with Crippen molar-refractivity contribution in [3.8, 4) is 0 Å². The molecule has 0 aliphatic heterocycles. The summed E-state index contributed by atoms with van der Waals surface area (Å²) in [5.74, 6) is 0. The summed E-state index contributed by atoms with van der Waals surface area (Å²) in [6.07, 6.45) is 6.70. The van der Waals surface area contributed by atoms with Gasteiger partial charge in [0.15, 0.2) is 0 Å². The highest BCUT2D eigenvalue weighted by Gasteiger charge is 2.03. The lowest BCUT2D eigenvalue weighted by molar-refractivity contribution is 1.10. The topological polar surface area (TPSA) is 0 Å². The third-order valence-electron chi connectivity index (χ3n) is 2.95. The van der Waals surface area contributed by atoms with E-state index in [4.69, 9.17) is 0 Å². The molecule has 0 heteroatoms. The SMILES string of the molecule is CC/C=C\C(=C(\C)CC)c1ccccc1C. The minimum atomic E-state index is 1.09. The zero-order valence-corrected chi connectivity index (χ0v) is 10.9. The quantitative estimate of drug-likeness (QED) is 0.608. The van der Waals surface area contributed by atoms with Gasteiger partial charge in [-0.2, -0.15) is 0 Å². The van der Waals surface area contributed by atoms with Crippen LogP contribution in [-0.2, 0) is 0 Å². The molecule has 0 nitrogen and oxygen atoms in total. The monoisotopic (exact) mass is 214 g/mol. The first-order valence-electron chi connectivity index (χ1n) is 6.13. The summed E-state index contributed by atoms with van der Waals surface area (Å²) in [6.45, 7) is 8.79. The molecule has 86 valence electrons. The highest BCUT2D eigenvalue weighted by molar-refractivity contribution is 5.78. The molecule has 0 N–H and O–H groups in total. The van der Waals surface area contributed by atoms with Crippen molar-refractivity contribution >= 4 is 5.57 Å². The first kappa shape index (κ1) is 12.8. The fraction of sp³-hybridized carbons (Fsp3) is 0.375. The number of aryl methyl sites for hydroxylation is 1. The van der Waals surface area contributed by atoms with E-state index in [1.807, 2.05) is 0 Å². The fourth-order valence-electron chi connectivity index (χ4n) is 1.76. The second-order valence-corrected chi connectivity index (χ2v) is 4.17. The molecular weight excluding hydrogens is 192 g/mol. The van der Waals surface area contributed by atoms with Gasteiger partial charge in [-0.3, -0.25) is 0 Å². The molecule has 0 aliphatic rings. The van der Waals surface area contributed by atoms with E-state index in [1.54, 1.807) is 0 Å². The third-order valence-corrected chi connectivity index (χ3v) is 2.95. The van der Waals surface area contributed by atoms with Crippen LogP contribution >= 0.6 is 0 Å². The first-order valence-corrected chi connectivity index (χ1v) is 6.13. The number of allylic oxidation sites excluding steroid dienone is 4. The predicted molar refractivity (Wildman–Crippen MR) is 73.5 cm³/mol. The van der Waals surface area contributed by atoms with E-state index < -0.39 is 0 Å². The maximum atomic E-state index is 2.27. The summed E-state index contributed by atoms with van der Waals surface area (Å²) in [7, 11) is 0. The Kier molecular flexibility index (Phi) is 5.04.